The number of carbonyl (C=O) groups excluding carboxylic acids is 1. The van der Waals surface area contributed by atoms with Crippen LogP contribution < -0.4 is 5.32 Å². The molecule has 1 N–H and O–H groups in total. The molecule has 5 nitrogen and oxygen atoms in total. The van der Waals surface area contributed by atoms with Crippen LogP contribution in [0.25, 0.3) is 0 Å². The number of nitrogens with one attached hydrogen (secondary N) is 1. The standard InChI is InChI=1S/C13H22N2O3/c1-3-8-17-12(16)15(2)11-9-13(18-10-11)4-6-14-7-5-13/h3,11,14H,1,4-10H2,2H3. The summed E-state index contributed by atoms with van der Waals surface area (Å²) in [6.07, 6.45) is 4.24. The van der Waals surface area contributed by atoms with Crippen molar-refractivity contribution in [2.24, 2.45) is 0 Å². The second-order valence-corrected chi connectivity index (χ2v) is 5.08. The number of carbonyl (C=O) groups is 1. The molecule has 2 aliphatic rings. The monoisotopic (exact) mass is 254 g/mol. The Labute approximate surface area is 108 Å². The summed E-state index contributed by atoms with van der Waals surface area (Å²) in [5.74, 6) is 0. The van der Waals surface area contributed by atoms with Gasteiger partial charge in [-0.2, -0.15) is 0 Å². The molecule has 0 saturated carbocycles. The Morgan fingerprint density at radius 3 is 3.00 bits per heavy atom. The first kappa shape index (κ1) is 13.4. The Balaban J connectivity index is 1.87. The van der Waals surface area contributed by atoms with E-state index in [2.05, 4.69) is 11.9 Å². The van der Waals surface area contributed by atoms with Crippen molar-refractivity contribution in [3.05, 3.63) is 12.7 Å². The van der Waals surface area contributed by atoms with Crippen molar-refractivity contribution >= 4 is 6.09 Å². The molecule has 0 bridgehead atoms. The van der Waals surface area contributed by atoms with Crippen LogP contribution >= 0.6 is 0 Å². The molecule has 1 atom stereocenters. The fraction of sp³-hybridized carbons (Fsp3) is 0.769. The summed E-state index contributed by atoms with van der Waals surface area (Å²) in [6.45, 7) is 6.39. The minimum atomic E-state index is -0.297. The van der Waals surface area contributed by atoms with Gasteiger partial charge in [0, 0.05) is 7.05 Å². The third-order valence-corrected chi connectivity index (χ3v) is 3.86. The zero-order valence-electron chi connectivity index (χ0n) is 11.0. The average molecular weight is 254 g/mol. The highest BCUT2D eigenvalue weighted by atomic mass is 16.6. The lowest BCUT2D eigenvalue weighted by Crippen LogP contribution is -2.43. The number of nitrogens with zero attached hydrogens (tertiary/aromatic N) is 1. The maximum Gasteiger partial charge on any atom is 0.410 e. The van der Waals surface area contributed by atoms with E-state index in [1.807, 2.05) is 0 Å². The van der Waals surface area contributed by atoms with Gasteiger partial charge in [-0.25, -0.2) is 4.79 Å². The summed E-state index contributed by atoms with van der Waals surface area (Å²) in [7, 11) is 1.78. The first-order valence-corrected chi connectivity index (χ1v) is 6.52. The van der Waals surface area contributed by atoms with E-state index in [0.717, 1.165) is 32.4 Å². The molecular weight excluding hydrogens is 232 g/mol. The molecule has 2 rings (SSSR count). The average Bonchev–Trinajstić information content (AvgIpc) is 2.79. The van der Waals surface area contributed by atoms with Crippen LogP contribution in [0.15, 0.2) is 12.7 Å². The molecule has 0 aromatic rings. The molecule has 1 spiro atoms. The van der Waals surface area contributed by atoms with Gasteiger partial charge in [0.2, 0.25) is 0 Å². The van der Waals surface area contributed by atoms with Crippen LogP contribution in [0.3, 0.4) is 0 Å². The van der Waals surface area contributed by atoms with Crippen LogP contribution in [0.4, 0.5) is 4.79 Å². The van der Waals surface area contributed by atoms with Crippen LogP contribution in [-0.2, 0) is 9.47 Å². The van der Waals surface area contributed by atoms with Crippen LogP contribution in [0.5, 0.6) is 0 Å². The molecule has 0 aliphatic carbocycles. The predicted octanol–water partition coefficient (Wildman–Crippen LogP) is 1.15. The third-order valence-electron chi connectivity index (χ3n) is 3.86. The Bertz CT molecular complexity index is 313. The normalized spacial score (nSPS) is 25.9. The molecule has 5 heteroatoms. The number of amides is 1. The molecule has 0 radical (unpaired) electrons. The van der Waals surface area contributed by atoms with E-state index in [1.54, 1.807) is 18.0 Å². The van der Waals surface area contributed by atoms with Gasteiger partial charge in [-0.15, -0.1) is 0 Å². The third kappa shape index (κ3) is 2.84. The molecule has 0 aromatic carbocycles. The topological polar surface area (TPSA) is 50.8 Å². The van der Waals surface area contributed by atoms with Crippen LogP contribution in [0.1, 0.15) is 19.3 Å². The molecule has 2 saturated heterocycles. The molecule has 102 valence electrons. The Kier molecular flexibility index (Phi) is 4.24. The lowest BCUT2D eigenvalue weighted by atomic mass is 9.88. The van der Waals surface area contributed by atoms with Crippen LogP contribution in [0, 0.1) is 0 Å². The van der Waals surface area contributed by atoms with Crippen molar-refractivity contribution in [3.8, 4) is 0 Å². The summed E-state index contributed by atoms with van der Waals surface area (Å²) in [6, 6.07) is 0.125. The van der Waals surface area contributed by atoms with E-state index >= 15 is 0 Å². The Morgan fingerprint density at radius 1 is 1.61 bits per heavy atom. The van der Waals surface area contributed by atoms with Crippen molar-refractivity contribution in [3.63, 3.8) is 0 Å². The summed E-state index contributed by atoms with van der Waals surface area (Å²) >= 11 is 0. The number of hydrogen-bond acceptors (Lipinski definition) is 4. The van der Waals surface area contributed by atoms with E-state index in [1.165, 1.54) is 0 Å². The van der Waals surface area contributed by atoms with Crippen molar-refractivity contribution in [2.45, 2.75) is 30.9 Å². The maximum absolute atomic E-state index is 11.7. The minimum Gasteiger partial charge on any atom is -0.445 e. The summed E-state index contributed by atoms with van der Waals surface area (Å²) in [4.78, 5) is 13.4. The minimum absolute atomic E-state index is 0.0249. The smallest absolute Gasteiger partial charge is 0.410 e. The van der Waals surface area contributed by atoms with Gasteiger partial charge >= 0.3 is 6.09 Å². The van der Waals surface area contributed by atoms with E-state index in [4.69, 9.17) is 9.47 Å². The molecule has 1 amide bonds. The highest BCUT2D eigenvalue weighted by molar-refractivity contribution is 5.67. The van der Waals surface area contributed by atoms with Crippen molar-refractivity contribution in [2.75, 3.05) is 33.4 Å². The lowest BCUT2D eigenvalue weighted by molar-refractivity contribution is -0.0200. The number of piperidine rings is 1. The molecule has 18 heavy (non-hydrogen) atoms. The molecule has 2 aliphatic heterocycles. The van der Waals surface area contributed by atoms with Gasteiger partial charge in [0.25, 0.3) is 0 Å². The number of rotatable bonds is 3. The van der Waals surface area contributed by atoms with Gasteiger partial charge < -0.3 is 19.7 Å². The SMILES string of the molecule is C=CCOC(=O)N(C)C1COC2(CCNCC2)C1. The van der Waals surface area contributed by atoms with Crippen LogP contribution in [0.2, 0.25) is 0 Å². The Hall–Kier alpha value is -1.07. The van der Waals surface area contributed by atoms with Gasteiger partial charge in [0.15, 0.2) is 0 Å². The Morgan fingerprint density at radius 2 is 2.33 bits per heavy atom. The molecule has 1 unspecified atom stereocenters. The predicted molar refractivity (Wildman–Crippen MR) is 68.5 cm³/mol. The van der Waals surface area contributed by atoms with Gasteiger partial charge in [0.05, 0.1) is 18.2 Å². The largest absolute Gasteiger partial charge is 0.445 e. The quantitative estimate of drug-likeness (QED) is 0.768. The maximum atomic E-state index is 11.7. The first-order chi connectivity index (χ1) is 8.67. The number of likely N-dealkylation sites (N-methyl/N-ethyl adjacent to an activating group) is 1. The summed E-state index contributed by atoms with van der Waals surface area (Å²) < 4.78 is 11.0. The van der Waals surface area contributed by atoms with Crippen molar-refractivity contribution < 1.29 is 14.3 Å². The summed E-state index contributed by atoms with van der Waals surface area (Å²) in [5, 5.41) is 3.33. The van der Waals surface area contributed by atoms with Crippen LogP contribution in [-0.4, -0.2) is 56.0 Å². The van der Waals surface area contributed by atoms with Gasteiger partial charge in [0.1, 0.15) is 6.61 Å². The highest BCUT2D eigenvalue weighted by Gasteiger charge is 2.43. The van der Waals surface area contributed by atoms with E-state index < -0.39 is 0 Å². The van der Waals surface area contributed by atoms with E-state index in [0.29, 0.717) is 6.61 Å². The fourth-order valence-corrected chi connectivity index (χ4v) is 2.68. The van der Waals surface area contributed by atoms with Gasteiger partial charge in [-0.05, 0) is 32.4 Å². The number of ether oxygens (including phenoxy) is 2. The van der Waals surface area contributed by atoms with E-state index in [-0.39, 0.29) is 24.3 Å². The van der Waals surface area contributed by atoms with Crippen molar-refractivity contribution in [1.29, 1.82) is 0 Å². The zero-order chi connectivity index (χ0) is 13.0. The molecule has 0 aromatic heterocycles. The molecule has 2 heterocycles. The molecular formula is C13H22N2O3. The summed E-state index contributed by atoms with van der Waals surface area (Å²) in [5.41, 5.74) is -0.0249. The van der Waals surface area contributed by atoms with Crippen molar-refractivity contribution in [1.82, 2.24) is 10.2 Å². The van der Waals surface area contributed by atoms with E-state index in [9.17, 15) is 4.79 Å². The second kappa shape index (κ2) is 5.71. The highest BCUT2D eigenvalue weighted by Crippen LogP contribution is 2.35. The van der Waals surface area contributed by atoms with Gasteiger partial charge in [-0.3, -0.25) is 0 Å². The molecule has 2 fully saturated rings. The zero-order valence-corrected chi connectivity index (χ0v) is 11.0. The number of hydrogen-bond donors (Lipinski definition) is 1. The first-order valence-electron chi connectivity index (χ1n) is 6.52. The fourth-order valence-electron chi connectivity index (χ4n) is 2.68. The second-order valence-electron chi connectivity index (χ2n) is 5.08. The van der Waals surface area contributed by atoms with Gasteiger partial charge in [-0.1, -0.05) is 12.7 Å². The lowest BCUT2D eigenvalue weighted by Gasteiger charge is -2.33.